The van der Waals surface area contributed by atoms with Gasteiger partial charge in [-0.1, -0.05) is 3.63 Å². The molecular weight excluding hydrogens is 296 g/mol. The van der Waals surface area contributed by atoms with Gasteiger partial charge in [0.1, 0.15) is 0 Å². The van der Waals surface area contributed by atoms with Crippen molar-refractivity contribution in [2.45, 2.75) is 0 Å². The fourth-order valence-electron chi connectivity index (χ4n) is 0.801. The lowest BCUT2D eigenvalue weighted by molar-refractivity contribution is -0.385. The maximum absolute atomic E-state index is 10.9. The van der Waals surface area contributed by atoms with E-state index in [9.17, 15) is 26.9 Å². The average Bonchev–Trinajstić information content (AvgIpc) is 2.13. The molecule has 0 saturated heterocycles. The molecule has 0 atom stereocenters. The second-order valence-corrected chi connectivity index (χ2v) is 4.96. The molecule has 18 heavy (non-hydrogen) atoms. The number of pyridine rings is 1. The van der Waals surface area contributed by atoms with E-state index >= 15 is 0 Å². The summed E-state index contributed by atoms with van der Waals surface area (Å²) >= 11 is 0. The minimum atomic E-state index is -5.35. The number of hydrogen-bond acceptors (Lipinski definition) is 9. The van der Waals surface area contributed by atoms with E-state index in [4.69, 9.17) is 4.55 Å². The molecule has 11 nitrogen and oxygen atoms in total. The Balaban J connectivity index is 3.09. The molecule has 0 aliphatic heterocycles. The Hall–Kier alpha value is -1.83. The Morgan fingerprint density at radius 3 is 2.44 bits per heavy atom. The minimum absolute atomic E-state index is 0.833. The van der Waals surface area contributed by atoms with Gasteiger partial charge in [0, 0.05) is 12.3 Å². The van der Waals surface area contributed by atoms with Crippen LogP contribution in [0.2, 0.25) is 0 Å². The SMILES string of the molecule is O=[N+]([O-])c1cccnc1OS(=O)(=O)OS(=O)(=O)O. The first-order chi connectivity index (χ1) is 8.11. The molecule has 0 aliphatic rings. The fourth-order valence-corrected chi connectivity index (χ4v) is 2.08. The van der Waals surface area contributed by atoms with Gasteiger partial charge in [0.2, 0.25) is 0 Å². The van der Waals surface area contributed by atoms with Gasteiger partial charge in [-0.2, -0.15) is 16.8 Å². The average molecular weight is 300 g/mol. The molecule has 1 aromatic rings. The second kappa shape index (κ2) is 4.81. The molecule has 0 spiro atoms. The molecule has 0 saturated carbocycles. The lowest BCUT2D eigenvalue weighted by Crippen LogP contribution is -2.18. The van der Waals surface area contributed by atoms with E-state index in [1.54, 1.807) is 0 Å². The lowest BCUT2D eigenvalue weighted by atomic mass is 10.4. The number of hydrogen-bond donors (Lipinski definition) is 1. The van der Waals surface area contributed by atoms with E-state index in [2.05, 4.69) is 12.8 Å². The molecule has 0 aliphatic carbocycles. The van der Waals surface area contributed by atoms with Crippen LogP contribution in [0.5, 0.6) is 5.88 Å². The van der Waals surface area contributed by atoms with Gasteiger partial charge in [0.05, 0.1) is 4.92 Å². The van der Waals surface area contributed by atoms with Crippen molar-refractivity contribution in [1.29, 1.82) is 0 Å². The molecule has 0 unspecified atom stereocenters. The summed E-state index contributed by atoms with van der Waals surface area (Å²) in [7, 11) is -10.6. The van der Waals surface area contributed by atoms with Crippen LogP contribution in [0.25, 0.3) is 0 Å². The summed E-state index contributed by atoms with van der Waals surface area (Å²) in [5.74, 6) is -1.01. The van der Waals surface area contributed by atoms with Crippen LogP contribution in [0.15, 0.2) is 18.3 Å². The molecule has 0 radical (unpaired) electrons. The van der Waals surface area contributed by atoms with Crippen LogP contribution in [0.4, 0.5) is 5.69 Å². The van der Waals surface area contributed by atoms with Gasteiger partial charge >= 0.3 is 32.4 Å². The Labute approximate surface area is 100 Å². The summed E-state index contributed by atoms with van der Waals surface area (Å²) in [5, 5.41) is 10.5. The molecule has 0 amide bonds. The molecule has 13 heteroatoms. The van der Waals surface area contributed by atoms with E-state index < -0.39 is 37.3 Å². The van der Waals surface area contributed by atoms with Crippen LogP contribution in [0.1, 0.15) is 0 Å². The van der Waals surface area contributed by atoms with E-state index in [-0.39, 0.29) is 0 Å². The first-order valence-corrected chi connectivity index (χ1v) is 6.53. The summed E-state index contributed by atoms with van der Waals surface area (Å²) in [4.78, 5) is 12.7. The predicted octanol–water partition coefficient (Wildman–Crippen LogP) is -0.567. The van der Waals surface area contributed by atoms with Gasteiger partial charge in [0.15, 0.2) is 0 Å². The Morgan fingerprint density at radius 1 is 1.33 bits per heavy atom. The summed E-state index contributed by atoms with van der Waals surface area (Å²) in [5.41, 5.74) is -0.833. The zero-order valence-corrected chi connectivity index (χ0v) is 9.79. The third-order valence-electron chi connectivity index (χ3n) is 1.30. The van der Waals surface area contributed by atoms with Crippen molar-refractivity contribution in [3.05, 3.63) is 28.4 Å². The highest BCUT2D eigenvalue weighted by Gasteiger charge is 2.27. The second-order valence-electron chi connectivity index (χ2n) is 2.57. The topological polar surface area (TPSA) is 163 Å². The van der Waals surface area contributed by atoms with E-state index in [0.29, 0.717) is 0 Å². The standard InChI is InChI=1S/C5H4N2O9S2/c8-7(9)4-2-1-3-6-5(4)15-18(13,14)16-17(10,11)12/h1-3H,(H,10,11,12). The fraction of sp³-hybridized carbons (Fsp3) is 0. The first-order valence-electron chi connectivity index (χ1n) is 3.83. The summed E-state index contributed by atoms with van der Waals surface area (Å²) in [6.07, 6.45) is 0.964. The van der Waals surface area contributed by atoms with E-state index in [1.165, 1.54) is 0 Å². The Bertz CT molecular complexity index is 664. The highest BCUT2D eigenvalue weighted by molar-refractivity contribution is 7.95. The highest BCUT2D eigenvalue weighted by Crippen LogP contribution is 2.24. The van der Waals surface area contributed by atoms with Crippen LogP contribution >= 0.6 is 0 Å². The molecule has 1 rings (SSSR count). The van der Waals surface area contributed by atoms with Crippen molar-refractivity contribution in [3.63, 3.8) is 0 Å². The quantitative estimate of drug-likeness (QED) is 0.423. The zero-order valence-electron chi connectivity index (χ0n) is 8.16. The summed E-state index contributed by atoms with van der Waals surface area (Å²) in [6, 6.07) is 1.99. The predicted molar refractivity (Wildman–Crippen MR) is 53.1 cm³/mol. The largest absolute Gasteiger partial charge is 0.467 e. The molecule has 0 aromatic carbocycles. The van der Waals surface area contributed by atoms with Crippen molar-refractivity contribution >= 4 is 26.5 Å². The van der Waals surface area contributed by atoms with Gasteiger partial charge < -0.3 is 4.18 Å². The van der Waals surface area contributed by atoms with Crippen LogP contribution < -0.4 is 4.18 Å². The molecule has 0 bridgehead atoms. The smallest absolute Gasteiger partial charge is 0.332 e. The molecule has 1 aromatic heterocycles. The summed E-state index contributed by atoms with van der Waals surface area (Å²) < 4.78 is 57.5. The van der Waals surface area contributed by atoms with Gasteiger partial charge in [-0.3, -0.25) is 14.7 Å². The molecular formula is C5H4N2O9S2. The molecule has 1 N–H and O–H groups in total. The Kier molecular flexibility index (Phi) is 3.80. The van der Waals surface area contributed by atoms with Crippen molar-refractivity contribution < 1.29 is 34.1 Å². The molecule has 100 valence electrons. The normalized spacial score (nSPS) is 12.1. The van der Waals surface area contributed by atoms with Crippen LogP contribution in [0.3, 0.4) is 0 Å². The molecule has 0 fully saturated rings. The zero-order chi connectivity index (χ0) is 14.0. The van der Waals surface area contributed by atoms with Crippen molar-refractivity contribution in [3.8, 4) is 5.88 Å². The third kappa shape index (κ3) is 4.21. The number of nitro groups is 1. The van der Waals surface area contributed by atoms with Crippen LogP contribution in [-0.4, -0.2) is 31.3 Å². The molecule has 1 heterocycles. The Morgan fingerprint density at radius 2 is 1.94 bits per heavy atom. The van der Waals surface area contributed by atoms with Gasteiger partial charge in [-0.15, -0.1) is 0 Å². The van der Waals surface area contributed by atoms with Gasteiger partial charge in [-0.05, 0) is 6.07 Å². The maximum Gasteiger partial charge on any atom is 0.467 e. The van der Waals surface area contributed by atoms with Crippen molar-refractivity contribution in [2.24, 2.45) is 0 Å². The monoisotopic (exact) mass is 300 g/mol. The van der Waals surface area contributed by atoms with Gasteiger partial charge in [-0.25, -0.2) is 4.98 Å². The number of aromatic nitrogens is 1. The van der Waals surface area contributed by atoms with Crippen molar-refractivity contribution in [1.82, 2.24) is 4.98 Å². The summed E-state index contributed by atoms with van der Waals surface area (Å²) in [6.45, 7) is 0. The van der Waals surface area contributed by atoms with Gasteiger partial charge in [0.25, 0.3) is 0 Å². The highest BCUT2D eigenvalue weighted by atomic mass is 32.3. The maximum atomic E-state index is 10.9. The van der Waals surface area contributed by atoms with E-state index in [0.717, 1.165) is 18.3 Å². The third-order valence-corrected chi connectivity index (χ3v) is 3.01. The van der Waals surface area contributed by atoms with Crippen LogP contribution in [-0.2, 0) is 24.4 Å². The lowest BCUT2D eigenvalue weighted by Gasteiger charge is -2.03. The first kappa shape index (κ1) is 14.2. The van der Waals surface area contributed by atoms with E-state index in [1.807, 2.05) is 0 Å². The number of rotatable bonds is 5. The van der Waals surface area contributed by atoms with Crippen LogP contribution in [0, 0.1) is 10.1 Å². The van der Waals surface area contributed by atoms with Crippen molar-refractivity contribution in [2.75, 3.05) is 0 Å². The number of nitrogens with zero attached hydrogens (tertiary/aromatic N) is 2. The minimum Gasteiger partial charge on any atom is -0.332 e.